The van der Waals surface area contributed by atoms with Crippen molar-refractivity contribution in [3.63, 3.8) is 0 Å². The fourth-order valence-corrected chi connectivity index (χ4v) is 2.81. The van der Waals surface area contributed by atoms with E-state index in [0.717, 1.165) is 35.4 Å². The van der Waals surface area contributed by atoms with E-state index >= 15 is 0 Å². The van der Waals surface area contributed by atoms with E-state index in [9.17, 15) is 23.3 Å². The van der Waals surface area contributed by atoms with Crippen molar-refractivity contribution in [2.24, 2.45) is 0 Å². The predicted octanol–water partition coefficient (Wildman–Crippen LogP) is 0.385. The normalized spacial score (nSPS) is 11.5. The summed E-state index contributed by atoms with van der Waals surface area (Å²) in [4.78, 5) is 21.6. The van der Waals surface area contributed by atoms with Gasteiger partial charge < -0.3 is 0 Å². The first-order chi connectivity index (χ1) is 10.4. The minimum Gasteiger partial charge on any atom is -0.258 e. The van der Waals surface area contributed by atoms with Gasteiger partial charge in [-0.3, -0.25) is 10.1 Å². The Morgan fingerprint density at radius 1 is 1.23 bits per heavy atom. The van der Waals surface area contributed by atoms with Crippen LogP contribution in [0.4, 0.5) is 5.69 Å². The Morgan fingerprint density at radius 2 is 1.86 bits per heavy atom. The monoisotopic (exact) mass is 327 g/mol. The fraction of sp³-hybridized carbons (Fsp3) is 0.364. The molecule has 0 spiro atoms. The molecule has 0 amide bonds. The third-order valence-corrected chi connectivity index (χ3v) is 4.46. The second-order valence-corrected chi connectivity index (χ2v) is 6.20. The first-order valence-electron chi connectivity index (χ1n) is 6.40. The molecule has 1 aromatic heterocycles. The molecule has 11 heteroatoms. The standard InChI is InChI=1S/C11H13N5O5S/c1-2-3-8-14-11(17)15(13-12-14)22(20,21)10-6-4-9(5-7-10)16(18)19/h4-7H,2-3,8H2,1H3. The van der Waals surface area contributed by atoms with Crippen molar-refractivity contribution < 1.29 is 13.3 Å². The fourth-order valence-electron chi connectivity index (χ4n) is 1.70. The maximum Gasteiger partial charge on any atom is 0.378 e. The molecule has 0 aliphatic rings. The van der Waals surface area contributed by atoms with Crippen LogP contribution in [-0.2, 0) is 16.6 Å². The van der Waals surface area contributed by atoms with Gasteiger partial charge in [0.15, 0.2) is 0 Å². The van der Waals surface area contributed by atoms with E-state index in [1.54, 1.807) is 0 Å². The smallest absolute Gasteiger partial charge is 0.258 e. The van der Waals surface area contributed by atoms with Crippen molar-refractivity contribution in [1.82, 2.24) is 19.2 Å². The van der Waals surface area contributed by atoms with Gasteiger partial charge in [0.2, 0.25) is 0 Å². The van der Waals surface area contributed by atoms with Gasteiger partial charge in [-0.25, -0.2) is 4.79 Å². The zero-order valence-corrected chi connectivity index (χ0v) is 12.4. The minimum atomic E-state index is -4.23. The van der Waals surface area contributed by atoms with E-state index in [0.29, 0.717) is 6.42 Å². The SMILES string of the molecule is CCCCn1nnn(S(=O)(=O)c2ccc([N+](=O)[O-])cc2)c1=O. The van der Waals surface area contributed by atoms with Crippen molar-refractivity contribution in [3.8, 4) is 0 Å². The molecule has 0 saturated heterocycles. The van der Waals surface area contributed by atoms with Gasteiger partial charge in [-0.1, -0.05) is 17.4 Å². The average molecular weight is 327 g/mol. The summed E-state index contributed by atoms with van der Waals surface area (Å²) in [5.74, 6) is 0. The molecule has 10 nitrogen and oxygen atoms in total. The summed E-state index contributed by atoms with van der Waals surface area (Å²) >= 11 is 0. The van der Waals surface area contributed by atoms with Crippen LogP contribution in [0.3, 0.4) is 0 Å². The number of hydrogen-bond donors (Lipinski definition) is 0. The van der Waals surface area contributed by atoms with E-state index in [1.165, 1.54) is 0 Å². The highest BCUT2D eigenvalue weighted by atomic mass is 32.2. The molecule has 118 valence electrons. The van der Waals surface area contributed by atoms with Gasteiger partial charge in [0.1, 0.15) is 0 Å². The third-order valence-electron chi connectivity index (χ3n) is 2.91. The lowest BCUT2D eigenvalue weighted by molar-refractivity contribution is -0.384. The molecule has 0 N–H and O–H groups in total. The number of nitro groups is 1. The summed E-state index contributed by atoms with van der Waals surface area (Å²) in [7, 11) is -4.23. The minimum absolute atomic E-state index is 0.252. The highest BCUT2D eigenvalue weighted by molar-refractivity contribution is 7.89. The Kier molecular flexibility index (Phi) is 4.35. The Hall–Kier alpha value is -2.56. The molecule has 0 atom stereocenters. The van der Waals surface area contributed by atoms with E-state index in [2.05, 4.69) is 10.4 Å². The summed E-state index contributed by atoms with van der Waals surface area (Å²) in [6, 6.07) is 4.18. The lowest BCUT2D eigenvalue weighted by Gasteiger charge is -2.01. The molecule has 0 aliphatic heterocycles. The van der Waals surface area contributed by atoms with Crippen molar-refractivity contribution in [2.75, 3.05) is 0 Å². The van der Waals surface area contributed by atoms with Crippen LogP contribution in [0.5, 0.6) is 0 Å². The highest BCUT2D eigenvalue weighted by Crippen LogP contribution is 2.16. The summed E-state index contributed by atoms with van der Waals surface area (Å²) in [6.45, 7) is 2.19. The van der Waals surface area contributed by atoms with Gasteiger partial charge in [-0.15, -0.1) is 0 Å². The zero-order valence-electron chi connectivity index (χ0n) is 11.6. The number of hydrogen-bond acceptors (Lipinski definition) is 7. The van der Waals surface area contributed by atoms with Crippen molar-refractivity contribution in [1.29, 1.82) is 0 Å². The molecule has 2 rings (SSSR count). The molecule has 0 bridgehead atoms. The van der Waals surface area contributed by atoms with Gasteiger partial charge in [0.05, 0.1) is 9.82 Å². The number of aryl methyl sites for hydroxylation is 1. The zero-order chi connectivity index (χ0) is 16.3. The lowest BCUT2D eigenvalue weighted by Crippen LogP contribution is -2.30. The summed E-state index contributed by atoms with van der Waals surface area (Å²) in [5.41, 5.74) is -1.12. The van der Waals surface area contributed by atoms with Crippen LogP contribution in [0, 0.1) is 10.1 Å². The van der Waals surface area contributed by atoms with Crippen LogP contribution in [-0.4, -0.2) is 32.5 Å². The largest absolute Gasteiger partial charge is 0.378 e. The molecule has 0 saturated carbocycles. The molecule has 1 heterocycles. The number of aromatic nitrogens is 4. The first kappa shape index (κ1) is 15.8. The van der Waals surface area contributed by atoms with Gasteiger partial charge in [0, 0.05) is 18.7 Å². The quantitative estimate of drug-likeness (QED) is 0.554. The predicted molar refractivity (Wildman–Crippen MR) is 74.9 cm³/mol. The molecule has 0 fully saturated rings. The number of tetrazole rings is 1. The van der Waals surface area contributed by atoms with E-state index in [-0.39, 0.29) is 21.2 Å². The molecule has 0 radical (unpaired) electrons. The molecule has 0 unspecified atom stereocenters. The van der Waals surface area contributed by atoms with Gasteiger partial charge in [0.25, 0.3) is 15.7 Å². The second-order valence-electron chi connectivity index (χ2n) is 4.44. The van der Waals surface area contributed by atoms with Crippen LogP contribution in [0.15, 0.2) is 34.0 Å². The van der Waals surface area contributed by atoms with E-state index in [4.69, 9.17) is 0 Å². The Balaban J connectivity index is 2.40. The van der Waals surface area contributed by atoms with Crippen LogP contribution in [0.1, 0.15) is 19.8 Å². The van der Waals surface area contributed by atoms with E-state index < -0.39 is 20.6 Å². The van der Waals surface area contributed by atoms with Gasteiger partial charge >= 0.3 is 5.69 Å². The van der Waals surface area contributed by atoms with Gasteiger partial charge in [-0.2, -0.15) is 13.1 Å². The number of unbranched alkanes of at least 4 members (excludes halogenated alkanes) is 1. The molecule has 0 aliphatic carbocycles. The molecule has 22 heavy (non-hydrogen) atoms. The maximum atomic E-state index is 12.3. The second kappa shape index (κ2) is 6.05. The maximum absolute atomic E-state index is 12.3. The topological polar surface area (TPSA) is 130 Å². The van der Waals surface area contributed by atoms with Crippen molar-refractivity contribution in [2.45, 2.75) is 31.2 Å². The summed E-state index contributed by atoms with van der Waals surface area (Å²) in [5, 5.41) is 17.5. The summed E-state index contributed by atoms with van der Waals surface area (Å²) < 4.78 is 25.8. The molecule has 2 aromatic rings. The molecular formula is C11H13N5O5S. The Bertz CT molecular complexity index is 837. The first-order valence-corrected chi connectivity index (χ1v) is 7.84. The number of non-ortho nitro benzene ring substituents is 1. The van der Waals surface area contributed by atoms with E-state index in [1.807, 2.05) is 6.92 Å². The number of rotatable bonds is 6. The molecule has 1 aromatic carbocycles. The number of nitro benzene ring substituents is 1. The number of nitrogens with zero attached hydrogens (tertiary/aromatic N) is 5. The third kappa shape index (κ3) is 2.88. The van der Waals surface area contributed by atoms with Gasteiger partial charge in [-0.05, 0) is 29.0 Å². The van der Waals surface area contributed by atoms with Crippen LogP contribution in [0.25, 0.3) is 0 Å². The Labute approximate surface area is 125 Å². The van der Waals surface area contributed by atoms with Crippen LogP contribution >= 0.6 is 0 Å². The van der Waals surface area contributed by atoms with Crippen molar-refractivity contribution in [3.05, 3.63) is 44.9 Å². The highest BCUT2D eigenvalue weighted by Gasteiger charge is 2.23. The average Bonchev–Trinajstić information content (AvgIpc) is 2.87. The van der Waals surface area contributed by atoms with Crippen molar-refractivity contribution >= 4 is 15.7 Å². The lowest BCUT2D eigenvalue weighted by atomic mass is 10.3. The molecular weight excluding hydrogens is 314 g/mol. The van der Waals surface area contributed by atoms with Crippen LogP contribution in [0.2, 0.25) is 0 Å². The number of benzene rings is 1. The van der Waals surface area contributed by atoms with Crippen LogP contribution < -0.4 is 5.69 Å². The Morgan fingerprint density at radius 3 is 2.41 bits per heavy atom. The summed E-state index contributed by atoms with van der Waals surface area (Å²) in [6.07, 6.45) is 1.48.